The van der Waals surface area contributed by atoms with Crippen LogP contribution in [0.15, 0.2) is 24.3 Å². The summed E-state index contributed by atoms with van der Waals surface area (Å²) in [4.78, 5) is 11.2. The number of esters is 1. The van der Waals surface area contributed by atoms with E-state index in [1.54, 1.807) is 6.92 Å². The van der Waals surface area contributed by atoms with Gasteiger partial charge in [0, 0.05) is 6.04 Å². The maximum atomic E-state index is 12.7. The first-order valence-corrected chi connectivity index (χ1v) is 6.12. The molecular formula is C13H16ClF4NO3. The van der Waals surface area contributed by atoms with Gasteiger partial charge in [-0.15, -0.1) is 12.4 Å². The van der Waals surface area contributed by atoms with Crippen LogP contribution in [0.1, 0.15) is 24.9 Å². The largest absolute Gasteiger partial charge is 0.466 e. The minimum atomic E-state index is -4.56. The molecule has 126 valence electrons. The van der Waals surface area contributed by atoms with Gasteiger partial charge in [0.1, 0.15) is 5.75 Å². The molecule has 0 bridgehead atoms. The Kier molecular flexibility index (Phi) is 8.18. The molecule has 0 aromatic heterocycles. The van der Waals surface area contributed by atoms with Gasteiger partial charge in [-0.1, -0.05) is 12.1 Å². The Balaban J connectivity index is 0.00000441. The quantitative estimate of drug-likeness (QED) is 0.608. The van der Waals surface area contributed by atoms with Crippen molar-refractivity contribution in [2.24, 2.45) is 5.73 Å². The maximum Gasteiger partial charge on any atom is 0.461 e. The predicted octanol–water partition coefficient (Wildman–Crippen LogP) is 3.30. The lowest BCUT2D eigenvalue weighted by Gasteiger charge is -2.17. The molecule has 1 rings (SSSR count). The van der Waals surface area contributed by atoms with Gasteiger partial charge < -0.3 is 15.2 Å². The highest BCUT2D eigenvalue weighted by Crippen LogP contribution is 2.28. The molecule has 2 N–H and O–H groups in total. The summed E-state index contributed by atoms with van der Waals surface area (Å²) in [7, 11) is 0. The normalized spacial score (nSPS) is 12.5. The van der Waals surface area contributed by atoms with Crippen molar-refractivity contribution in [2.45, 2.75) is 31.9 Å². The van der Waals surface area contributed by atoms with E-state index < -0.39 is 30.3 Å². The first-order chi connectivity index (χ1) is 9.76. The molecule has 1 atom stereocenters. The van der Waals surface area contributed by atoms with Crippen LogP contribution in [0.2, 0.25) is 0 Å². The van der Waals surface area contributed by atoms with Crippen LogP contribution >= 0.6 is 12.4 Å². The zero-order valence-corrected chi connectivity index (χ0v) is 12.4. The van der Waals surface area contributed by atoms with E-state index in [1.807, 2.05) is 0 Å². The molecule has 0 saturated heterocycles. The Morgan fingerprint density at radius 2 is 1.82 bits per heavy atom. The molecule has 1 aromatic carbocycles. The van der Waals surface area contributed by atoms with Crippen LogP contribution in [-0.2, 0) is 9.53 Å². The van der Waals surface area contributed by atoms with Crippen molar-refractivity contribution in [1.29, 1.82) is 0 Å². The number of rotatable bonds is 7. The van der Waals surface area contributed by atoms with Crippen molar-refractivity contribution in [3.05, 3.63) is 29.8 Å². The van der Waals surface area contributed by atoms with E-state index in [9.17, 15) is 22.4 Å². The third kappa shape index (κ3) is 6.07. The van der Waals surface area contributed by atoms with Crippen LogP contribution in [0.5, 0.6) is 5.75 Å². The second-order valence-electron chi connectivity index (χ2n) is 4.15. The Labute approximate surface area is 131 Å². The van der Waals surface area contributed by atoms with Gasteiger partial charge in [0.05, 0.1) is 13.0 Å². The number of carbonyl (C=O) groups excluding carboxylic acids is 1. The van der Waals surface area contributed by atoms with Crippen molar-refractivity contribution in [3.63, 3.8) is 0 Å². The average molecular weight is 346 g/mol. The average Bonchev–Trinajstić information content (AvgIpc) is 2.39. The molecule has 0 aliphatic carbocycles. The molecule has 0 aliphatic rings. The zero-order chi connectivity index (χ0) is 16.0. The highest BCUT2D eigenvalue weighted by atomic mass is 35.5. The van der Waals surface area contributed by atoms with Crippen molar-refractivity contribution < 1.29 is 31.8 Å². The van der Waals surface area contributed by atoms with E-state index in [4.69, 9.17) is 10.5 Å². The van der Waals surface area contributed by atoms with E-state index in [2.05, 4.69) is 4.74 Å². The lowest BCUT2D eigenvalue weighted by Crippen LogP contribution is -2.33. The molecule has 22 heavy (non-hydrogen) atoms. The van der Waals surface area contributed by atoms with Gasteiger partial charge in [0.25, 0.3) is 0 Å². The fourth-order valence-electron chi connectivity index (χ4n) is 1.50. The number of hydrogen-bond donors (Lipinski definition) is 1. The van der Waals surface area contributed by atoms with Gasteiger partial charge in [0.15, 0.2) is 0 Å². The molecule has 0 aliphatic heterocycles. The lowest BCUT2D eigenvalue weighted by molar-refractivity contribution is -0.253. The maximum absolute atomic E-state index is 12.7. The third-order valence-electron chi connectivity index (χ3n) is 2.51. The van der Waals surface area contributed by atoms with Crippen molar-refractivity contribution in [1.82, 2.24) is 0 Å². The fraction of sp³-hybridized carbons (Fsp3) is 0.462. The number of hydrogen-bond acceptors (Lipinski definition) is 4. The molecule has 0 heterocycles. The predicted molar refractivity (Wildman–Crippen MR) is 73.4 cm³/mol. The summed E-state index contributed by atoms with van der Waals surface area (Å²) >= 11 is 0. The molecule has 1 aromatic rings. The first kappa shape index (κ1) is 20.5. The van der Waals surface area contributed by atoms with Gasteiger partial charge in [0.2, 0.25) is 0 Å². The van der Waals surface area contributed by atoms with Gasteiger partial charge in [-0.3, -0.25) is 4.79 Å². The molecule has 0 radical (unpaired) electrons. The van der Waals surface area contributed by atoms with Crippen LogP contribution in [-0.4, -0.2) is 25.1 Å². The van der Waals surface area contributed by atoms with Crippen LogP contribution in [0.3, 0.4) is 0 Å². The van der Waals surface area contributed by atoms with Gasteiger partial charge >= 0.3 is 18.5 Å². The summed E-state index contributed by atoms with van der Waals surface area (Å²) < 4.78 is 58.0. The number of benzene rings is 1. The Bertz CT molecular complexity index is 471. The fourth-order valence-corrected chi connectivity index (χ4v) is 1.50. The molecule has 0 unspecified atom stereocenters. The summed E-state index contributed by atoms with van der Waals surface area (Å²) in [5, 5.41) is 0. The van der Waals surface area contributed by atoms with Crippen LogP contribution < -0.4 is 10.5 Å². The molecule has 9 heteroatoms. The number of carbonyl (C=O) groups is 1. The Hall–Kier alpha value is -1.54. The standard InChI is InChI=1S/C13H15F4NO3.ClH/c1-2-20-11(19)7-10(18)8-3-5-9(6-4-8)21-13(16,17)12(14)15;/h3-6,10,12H,2,7,18H2,1H3;1H/t10-;/m0./s1. The SMILES string of the molecule is CCOC(=O)C[C@H](N)c1ccc(OC(F)(F)C(F)F)cc1.Cl. The molecular weight excluding hydrogens is 330 g/mol. The zero-order valence-electron chi connectivity index (χ0n) is 11.6. The van der Waals surface area contributed by atoms with E-state index in [0.717, 1.165) is 12.1 Å². The summed E-state index contributed by atoms with van der Waals surface area (Å²) in [6, 6.07) is 4.11. The second kappa shape index (κ2) is 8.79. The van der Waals surface area contributed by atoms with Crippen LogP contribution in [0.25, 0.3) is 0 Å². The number of alkyl halides is 4. The van der Waals surface area contributed by atoms with Gasteiger partial charge in [-0.25, -0.2) is 0 Å². The highest BCUT2D eigenvalue weighted by molar-refractivity contribution is 5.85. The van der Waals surface area contributed by atoms with Gasteiger partial charge in [-0.2, -0.15) is 17.6 Å². The van der Waals surface area contributed by atoms with Gasteiger partial charge in [-0.05, 0) is 24.6 Å². The smallest absolute Gasteiger partial charge is 0.461 e. The van der Waals surface area contributed by atoms with E-state index in [-0.39, 0.29) is 25.4 Å². The summed E-state index contributed by atoms with van der Waals surface area (Å²) in [6.07, 6.45) is -8.57. The molecule has 0 saturated carbocycles. The topological polar surface area (TPSA) is 61.5 Å². The number of ether oxygens (including phenoxy) is 2. The lowest BCUT2D eigenvalue weighted by atomic mass is 10.0. The van der Waals surface area contributed by atoms with Crippen molar-refractivity contribution in [3.8, 4) is 5.75 Å². The summed E-state index contributed by atoms with van der Waals surface area (Å²) in [6.45, 7) is 1.87. The summed E-state index contributed by atoms with van der Waals surface area (Å²) in [5.74, 6) is -0.915. The Morgan fingerprint density at radius 1 is 1.27 bits per heavy atom. The van der Waals surface area contributed by atoms with E-state index in [0.29, 0.717) is 5.56 Å². The molecule has 0 spiro atoms. The first-order valence-electron chi connectivity index (χ1n) is 6.12. The highest BCUT2D eigenvalue weighted by Gasteiger charge is 2.43. The Morgan fingerprint density at radius 3 is 2.27 bits per heavy atom. The number of nitrogens with two attached hydrogens (primary N) is 1. The monoisotopic (exact) mass is 345 g/mol. The molecule has 0 amide bonds. The minimum absolute atomic E-state index is 0. The van der Waals surface area contributed by atoms with Crippen molar-refractivity contribution >= 4 is 18.4 Å². The second-order valence-corrected chi connectivity index (χ2v) is 4.15. The minimum Gasteiger partial charge on any atom is -0.466 e. The van der Waals surface area contributed by atoms with E-state index in [1.165, 1.54) is 12.1 Å². The van der Waals surface area contributed by atoms with Crippen molar-refractivity contribution in [2.75, 3.05) is 6.61 Å². The van der Waals surface area contributed by atoms with E-state index >= 15 is 0 Å². The molecule has 0 fully saturated rings. The molecule has 4 nitrogen and oxygen atoms in total. The summed E-state index contributed by atoms with van der Waals surface area (Å²) in [5.41, 5.74) is 6.21. The third-order valence-corrected chi connectivity index (χ3v) is 2.51. The van der Waals surface area contributed by atoms with Crippen LogP contribution in [0.4, 0.5) is 17.6 Å². The van der Waals surface area contributed by atoms with Crippen LogP contribution in [0, 0.1) is 0 Å². The number of halogens is 5.